The first kappa shape index (κ1) is 13.3. The molecule has 2 heterocycles. The summed E-state index contributed by atoms with van der Waals surface area (Å²) in [6, 6.07) is 10.6. The smallest absolute Gasteiger partial charge is 0.176 e. The molecule has 1 N–H and O–H groups in total. The molecular formula is C13H5ClN6. The molecule has 0 fully saturated rings. The minimum absolute atomic E-state index is 0.0596. The highest BCUT2D eigenvalue weighted by molar-refractivity contribution is 6.70. The average molecular weight is 281 g/mol. The number of aliphatic imine (C=N–C) groups is 1. The van der Waals surface area contributed by atoms with Crippen molar-refractivity contribution in [3.05, 3.63) is 47.2 Å². The van der Waals surface area contributed by atoms with Gasteiger partial charge in [0.05, 0.1) is 11.4 Å². The number of halogens is 1. The van der Waals surface area contributed by atoms with Crippen molar-refractivity contribution in [2.24, 2.45) is 4.99 Å². The molecule has 20 heavy (non-hydrogen) atoms. The summed E-state index contributed by atoms with van der Waals surface area (Å²) in [4.78, 5) is 7.86. The van der Waals surface area contributed by atoms with Crippen LogP contribution in [0, 0.1) is 34.0 Å². The zero-order valence-electron chi connectivity index (χ0n) is 9.92. The third kappa shape index (κ3) is 2.35. The van der Waals surface area contributed by atoms with Crippen molar-refractivity contribution >= 4 is 22.3 Å². The number of nitrogens with one attached hydrogen (secondary N) is 1. The molecule has 0 atom stereocenters. The highest BCUT2D eigenvalue weighted by Crippen LogP contribution is 2.22. The molecule has 0 bridgehead atoms. The van der Waals surface area contributed by atoms with Gasteiger partial charge in [0, 0.05) is 6.20 Å². The normalized spacial score (nSPS) is 16.2. The third-order valence-electron chi connectivity index (χ3n) is 2.40. The number of nitrogens with zero attached hydrogens (tertiary/aromatic N) is 5. The van der Waals surface area contributed by atoms with Crippen LogP contribution >= 0.6 is 11.6 Å². The summed E-state index contributed by atoms with van der Waals surface area (Å²) in [6.45, 7) is 0. The maximum absolute atomic E-state index is 9.27. The monoisotopic (exact) mass is 280 g/mol. The van der Waals surface area contributed by atoms with Gasteiger partial charge in [0.15, 0.2) is 16.6 Å². The Kier molecular flexibility index (Phi) is 3.77. The second-order valence-electron chi connectivity index (χ2n) is 3.55. The van der Waals surface area contributed by atoms with Gasteiger partial charge in [-0.05, 0) is 12.1 Å². The van der Waals surface area contributed by atoms with Crippen molar-refractivity contribution in [2.45, 2.75) is 0 Å². The van der Waals surface area contributed by atoms with E-state index < -0.39 is 0 Å². The van der Waals surface area contributed by atoms with Gasteiger partial charge in [-0.1, -0.05) is 17.7 Å². The number of rotatable bonds is 1. The number of nitriles is 3. The second-order valence-corrected chi connectivity index (χ2v) is 3.91. The summed E-state index contributed by atoms with van der Waals surface area (Å²) in [5.74, 6) is 0. The van der Waals surface area contributed by atoms with E-state index in [1.54, 1.807) is 30.3 Å². The molecule has 94 valence electrons. The van der Waals surface area contributed by atoms with E-state index in [9.17, 15) is 5.26 Å². The lowest BCUT2D eigenvalue weighted by Gasteiger charge is -2.15. The number of pyridine rings is 1. The first-order valence-electron chi connectivity index (χ1n) is 5.33. The molecular weight excluding hydrogens is 276 g/mol. The van der Waals surface area contributed by atoms with E-state index in [2.05, 4.69) is 15.3 Å². The molecule has 0 unspecified atom stereocenters. The Morgan fingerprint density at radius 3 is 2.55 bits per heavy atom. The summed E-state index contributed by atoms with van der Waals surface area (Å²) < 4.78 is 0. The Morgan fingerprint density at radius 1 is 1.20 bits per heavy atom. The summed E-state index contributed by atoms with van der Waals surface area (Å²) in [5.41, 5.74) is 0.506. The molecule has 1 aliphatic heterocycles. The molecule has 0 saturated heterocycles. The summed E-state index contributed by atoms with van der Waals surface area (Å²) in [6.07, 6.45) is 1.53. The van der Waals surface area contributed by atoms with Gasteiger partial charge in [-0.3, -0.25) is 4.98 Å². The minimum atomic E-state index is -0.125. The topological polar surface area (TPSA) is 109 Å². The zero-order chi connectivity index (χ0) is 14.5. The van der Waals surface area contributed by atoms with Gasteiger partial charge in [0.2, 0.25) is 0 Å². The van der Waals surface area contributed by atoms with Crippen LogP contribution in [0.4, 0.5) is 0 Å². The van der Waals surface area contributed by atoms with E-state index in [1.807, 2.05) is 6.07 Å². The Bertz CT molecular complexity index is 768. The number of allylic oxidation sites excluding steroid dienone is 4. The number of aromatic nitrogens is 1. The molecule has 1 aromatic heterocycles. The Morgan fingerprint density at radius 2 is 2.00 bits per heavy atom. The SMILES string of the molecule is N#CC1=C(C#N)NC(=C(C#N)c2ccccn2)C(Cl)=N1. The Hall–Kier alpha value is -3.14. The molecule has 0 amide bonds. The van der Waals surface area contributed by atoms with E-state index in [4.69, 9.17) is 22.1 Å². The van der Waals surface area contributed by atoms with Gasteiger partial charge in [0.25, 0.3) is 0 Å². The van der Waals surface area contributed by atoms with Gasteiger partial charge in [-0.25, -0.2) is 4.99 Å². The average Bonchev–Trinajstić information content (AvgIpc) is 2.50. The molecule has 0 saturated carbocycles. The van der Waals surface area contributed by atoms with Crippen molar-refractivity contribution < 1.29 is 0 Å². The van der Waals surface area contributed by atoms with Gasteiger partial charge in [-0.2, -0.15) is 15.8 Å². The fourth-order valence-corrected chi connectivity index (χ4v) is 1.75. The van der Waals surface area contributed by atoms with Crippen molar-refractivity contribution in [3.8, 4) is 18.2 Å². The second kappa shape index (κ2) is 5.67. The molecule has 2 rings (SSSR count). The third-order valence-corrected chi connectivity index (χ3v) is 2.68. The first-order valence-corrected chi connectivity index (χ1v) is 5.71. The molecule has 6 nitrogen and oxygen atoms in total. The van der Waals surface area contributed by atoms with Crippen LogP contribution < -0.4 is 5.32 Å². The quantitative estimate of drug-likeness (QED) is 0.789. The Balaban J connectivity index is 2.61. The lowest BCUT2D eigenvalue weighted by Crippen LogP contribution is -2.23. The van der Waals surface area contributed by atoms with Crippen LogP contribution in [0.2, 0.25) is 0 Å². The van der Waals surface area contributed by atoms with Crippen LogP contribution in [-0.4, -0.2) is 10.2 Å². The van der Waals surface area contributed by atoms with Gasteiger partial charge in [0.1, 0.15) is 23.8 Å². The van der Waals surface area contributed by atoms with Gasteiger partial charge in [-0.15, -0.1) is 0 Å². The van der Waals surface area contributed by atoms with Crippen molar-refractivity contribution in [1.29, 1.82) is 15.8 Å². The van der Waals surface area contributed by atoms with E-state index >= 15 is 0 Å². The fraction of sp³-hybridized carbons (Fsp3) is 0. The lowest BCUT2D eigenvalue weighted by atomic mass is 10.1. The highest BCUT2D eigenvalue weighted by Gasteiger charge is 2.22. The molecule has 7 heteroatoms. The van der Waals surface area contributed by atoms with Crippen LogP contribution in [0.15, 0.2) is 46.5 Å². The molecule has 0 aromatic carbocycles. The van der Waals surface area contributed by atoms with E-state index in [0.717, 1.165) is 0 Å². The van der Waals surface area contributed by atoms with Gasteiger partial charge >= 0.3 is 0 Å². The molecule has 1 aromatic rings. The maximum atomic E-state index is 9.27. The van der Waals surface area contributed by atoms with Crippen molar-refractivity contribution in [1.82, 2.24) is 10.3 Å². The van der Waals surface area contributed by atoms with Crippen LogP contribution in [0.5, 0.6) is 0 Å². The van der Waals surface area contributed by atoms with Crippen LogP contribution in [0.3, 0.4) is 0 Å². The molecule has 0 aliphatic carbocycles. The number of hydrogen-bond acceptors (Lipinski definition) is 6. The van der Waals surface area contributed by atoms with E-state index in [0.29, 0.717) is 5.69 Å². The van der Waals surface area contributed by atoms with E-state index in [1.165, 1.54) is 6.20 Å². The molecule has 1 aliphatic rings. The lowest BCUT2D eigenvalue weighted by molar-refractivity contribution is 1.02. The van der Waals surface area contributed by atoms with Crippen LogP contribution in [0.25, 0.3) is 5.57 Å². The van der Waals surface area contributed by atoms with Crippen LogP contribution in [-0.2, 0) is 0 Å². The predicted octanol–water partition coefficient (Wildman–Crippen LogP) is 1.82. The summed E-state index contributed by atoms with van der Waals surface area (Å²) in [5, 5.41) is 29.7. The summed E-state index contributed by atoms with van der Waals surface area (Å²) in [7, 11) is 0. The first-order chi connectivity index (χ1) is 9.71. The maximum Gasteiger partial charge on any atom is 0.176 e. The van der Waals surface area contributed by atoms with Gasteiger partial charge < -0.3 is 5.32 Å². The number of hydrogen-bond donors (Lipinski definition) is 1. The standard InChI is InChI=1S/C13H5ClN6/c14-13-12(19-10(6-16)11(7-17)20-13)8(5-15)9-3-1-2-4-18-9/h1-4,19H. The fourth-order valence-electron chi connectivity index (χ4n) is 1.53. The predicted molar refractivity (Wildman–Crippen MR) is 71.4 cm³/mol. The summed E-state index contributed by atoms with van der Waals surface area (Å²) >= 11 is 5.96. The minimum Gasteiger partial charge on any atom is -0.341 e. The van der Waals surface area contributed by atoms with Crippen LogP contribution in [0.1, 0.15) is 5.69 Å². The van der Waals surface area contributed by atoms with Crippen molar-refractivity contribution in [3.63, 3.8) is 0 Å². The highest BCUT2D eigenvalue weighted by atomic mass is 35.5. The largest absolute Gasteiger partial charge is 0.341 e. The zero-order valence-corrected chi connectivity index (χ0v) is 10.7. The van der Waals surface area contributed by atoms with E-state index in [-0.39, 0.29) is 27.8 Å². The molecule has 0 radical (unpaired) electrons. The van der Waals surface area contributed by atoms with Crippen molar-refractivity contribution in [2.75, 3.05) is 0 Å². The molecule has 0 spiro atoms. The Labute approximate surface area is 119 Å².